The predicted molar refractivity (Wildman–Crippen MR) is 83.2 cm³/mol. The molecule has 0 bridgehead atoms. The van der Waals surface area contributed by atoms with E-state index in [0.717, 1.165) is 7.92 Å². The van der Waals surface area contributed by atoms with Crippen LogP contribution in [0.25, 0.3) is 0 Å². The molecule has 0 aliphatic carbocycles. The minimum absolute atomic E-state index is 0.540. The molecule has 0 fully saturated rings. The van der Waals surface area contributed by atoms with Gasteiger partial charge in [-0.25, -0.2) is 0 Å². The van der Waals surface area contributed by atoms with Crippen LogP contribution in [0.5, 0.6) is 5.75 Å². The first-order chi connectivity index (χ1) is 8.44. The molecule has 1 aromatic carbocycles. The van der Waals surface area contributed by atoms with Crippen molar-refractivity contribution in [1.82, 2.24) is 7.92 Å². The highest BCUT2D eigenvalue weighted by atomic mass is 35.7. The molecule has 0 radical (unpaired) electrons. The second kappa shape index (κ2) is 6.50. The van der Waals surface area contributed by atoms with Crippen molar-refractivity contribution in [2.24, 2.45) is 4.52 Å². The lowest BCUT2D eigenvalue weighted by Crippen LogP contribution is -2.11. The van der Waals surface area contributed by atoms with Gasteiger partial charge >= 0.3 is 6.78 Å². The molecule has 12 heteroatoms. The van der Waals surface area contributed by atoms with Gasteiger partial charge < -0.3 is 4.52 Å². The SMILES string of the molecule is ClN1P(Cl)N=P(Cl)(Oc2ccccc2)N(Cl)P1Cl. The molecule has 1 heterocycles. The lowest BCUT2D eigenvalue weighted by molar-refractivity contribution is 0.598. The second-order valence-corrected chi connectivity index (χ2v) is 12.7. The fourth-order valence-electron chi connectivity index (χ4n) is 1.04. The van der Waals surface area contributed by atoms with E-state index < -0.39 is 21.9 Å². The van der Waals surface area contributed by atoms with Gasteiger partial charge in [-0.1, -0.05) is 33.4 Å². The van der Waals surface area contributed by atoms with Crippen LogP contribution in [-0.2, 0) is 0 Å². The summed E-state index contributed by atoms with van der Waals surface area (Å²) in [5.41, 5.74) is 0. The third-order valence-electron chi connectivity index (χ3n) is 1.76. The van der Waals surface area contributed by atoms with Gasteiger partial charge in [0, 0.05) is 0 Å². The highest BCUT2D eigenvalue weighted by Gasteiger charge is 2.45. The van der Waals surface area contributed by atoms with E-state index in [1.54, 1.807) is 12.1 Å². The smallest absolute Gasteiger partial charge is 0.322 e. The Labute approximate surface area is 132 Å². The number of para-hydroxylation sites is 1. The Bertz CT molecular complexity index is 479. The lowest BCUT2D eigenvalue weighted by atomic mass is 10.3. The van der Waals surface area contributed by atoms with E-state index in [0.29, 0.717) is 5.75 Å². The Balaban J connectivity index is 2.32. The lowest BCUT2D eigenvalue weighted by Gasteiger charge is -2.36. The Morgan fingerprint density at radius 3 is 2.39 bits per heavy atom. The zero-order valence-corrected chi connectivity index (χ0v) is 14.8. The third-order valence-corrected chi connectivity index (χ3v) is 14.5. The molecule has 3 atom stereocenters. The van der Waals surface area contributed by atoms with Crippen LogP contribution in [0.2, 0.25) is 0 Å². The highest BCUT2D eigenvalue weighted by molar-refractivity contribution is 8.07. The molecule has 0 amide bonds. The number of rotatable bonds is 2. The molecule has 1 aliphatic rings. The zero-order valence-electron chi connectivity index (χ0n) is 8.37. The van der Waals surface area contributed by atoms with Crippen LogP contribution in [-0.4, -0.2) is 7.92 Å². The average molecular weight is 405 g/mol. The predicted octanol–water partition coefficient (Wildman–Crippen LogP) is 7.11. The molecule has 1 aromatic rings. The molecular weight excluding hydrogens is 400 g/mol. The van der Waals surface area contributed by atoms with E-state index in [2.05, 4.69) is 4.52 Å². The summed E-state index contributed by atoms with van der Waals surface area (Å²) < 4.78 is 12.0. The van der Waals surface area contributed by atoms with Crippen LogP contribution in [0, 0.1) is 0 Å². The maximum atomic E-state index is 6.31. The van der Waals surface area contributed by atoms with Crippen LogP contribution in [0.1, 0.15) is 0 Å². The summed E-state index contributed by atoms with van der Waals surface area (Å²) in [6.45, 7) is -2.96. The number of hydrogen-bond donors (Lipinski definition) is 0. The van der Waals surface area contributed by atoms with E-state index >= 15 is 0 Å². The molecule has 0 aromatic heterocycles. The van der Waals surface area contributed by atoms with Gasteiger partial charge in [-0.05, 0) is 58.2 Å². The first-order valence-corrected chi connectivity index (χ1v) is 11.8. The monoisotopic (exact) mass is 403 g/mol. The highest BCUT2D eigenvalue weighted by Crippen LogP contribution is 2.83. The number of hydrogen-bond acceptors (Lipinski definition) is 4. The van der Waals surface area contributed by atoms with Crippen molar-refractivity contribution < 1.29 is 4.52 Å². The fraction of sp³-hybridized carbons (Fsp3) is 0. The summed E-state index contributed by atoms with van der Waals surface area (Å²) in [6, 6.07) is 8.95. The van der Waals surface area contributed by atoms with Crippen molar-refractivity contribution in [3.8, 4) is 5.75 Å². The van der Waals surface area contributed by atoms with Crippen molar-refractivity contribution in [3.05, 3.63) is 30.3 Å². The van der Waals surface area contributed by atoms with Crippen LogP contribution < -0.4 is 4.52 Å². The average Bonchev–Trinajstić information content (AvgIpc) is 2.35. The summed E-state index contributed by atoms with van der Waals surface area (Å²) in [6.07, 6.45) is 0. The second-order valence-electron chi connectivity index (χ2n) is 2.93. The molecule has 18 heavy (non-hydrogen) atoms. The summed E-state index contributed by atoms with van der Waals surface area (Å²) >= 11 is 30.2. The van der Waals surface area contributed by atoms with Crippen LogP contribution in [0.4, 0.5) is 0 Å². The molecule has 0 spiro atoms. The zero-order chi connectivity index (χ0) is 13.3. The summed E-state index contributed by atoms with van der Waals surface area (Å²) in [5.74, 6) is 0.540. The van der Waals surface area contributed by atoms with E-state index in [1.807, 2.05) is 18.2 Å². The minimum Gasteiger partial charge on any atom is -0.435 e. The molecule has 0 saturated carbocycles. The number of nitrogens with zero attached hydrogens (tertiary/aromatic N) is 3. The van der Waals surface area contributed by atoms with Gasteiger partial charge in [-0.2, -0.15) is 4.52 Å². The number of halogens is 5. The summed E-state index contributed by atoms with van der Waals surface area (Å²) in [7, 11) is -3.12. The molecule has 4 nitrogen and oxygen atoms in total. The van der Waals surface area contributed by atoms with Crippen LogP contribution in [0.15, 0.2) is 34.8 Å². The topological polar surface area (TPSA) is 28.1 Å². The quantitative estimate of drug-likeness (QED) is 0.388. The Kier molecular flexibility index (Phi) is 5.73. The van der Waals surface area contributed by atoms with Crippen molar-refractivity contribution in [3.63, 3.8) is 0 Å². The fourth-order valence-corrected chi connectivity index (χ4v) is 12.2. The van der Waals surface area contributed by atoms with E-state index in [-0.39, 0.29) is 0 Å². The maximum Gasteiger partial charge on any atom is 0.322 e. The van der Waals surface area contributed by atoms with Gasteiger partial charge in [-0.3, -0.25) is 0 Å². The Morgan fingerprint density at radius 1 is 1.17 bits per heavy atom. The Hall–Kier alpha value is 1.48. The molecule has 3 unspecified atom stereocenters. The first-order valence-electron chi connectivity index (χ1n) is 4.34. The number of benzene rings is 1. The molecule has 1 aliphatic heterocycles. The van der Waals surface area contributed by atoms with Gasteiger partial charge in [0.1, 0.15) is 5.75 Å². The maximum absolute atomic E-state index is 6.31. The third kappa shape index (κ3) is 3.38. The summed E-state index contributed by atoms with van der Waals surface area (Å²) in [4.78, 5) is 0. The van der Waals surface area contributed by atoms with Gasteiger partial charge in [0.15, 0.2) is 7.58 Å². The molecule has 2 rings (SSSR count). The van der Waals surface area contributed by atoms with Gasteiger partial charge in [0.25, 0.3) is 0 Å². The van der Waals surface area contributed by atoms with Crippen LogP contribution >= 0.6 is 79.2 Å². The van der Waals surface area contributed by atoms with Gasteiger partial charge in [0.05, 0.1) is 0 Å². The van der Waals surface area contributed by atoms with Crippen molar-refractivity contribution in [1.29, 1.82) is 0 Å². The van der Waals surface area contributed by atoms with Crippen molar-refractivity contribution >= 4 is 79.2 Å². The van der Waals surface area contributed by atoms with E-state index in [1.165, 1.54) is 0 Å². The van der Waals surface area contributed by atoms with E-state index in [4.69, 9.17) is 61.8 Å². The standard InChI is InChI=1S/C6H5Cl5N3OP3/c7-13-16(9)12-18(11,14(8)17(13)10)15-6-4-2-1-3-5-6/h1-5H. The minimum atomic E-state index is -2.96. The molecular formula is C6H5Cl5N3OP3. The van der Waals surface area contributed by atoms with E-state index in [9.17, 15) is 0 Å². The van der Waals surface area contributed by atoms with Crippen LogP contribution in [0.3, 0.4) is 0 Å². The Morgan fingerprint density at radius 2 is 1.78 bits per heavy atom. The van der Waals surface area contributed by atoms with Gasteiger partial charge in [-0.15, -0.1) is 3.96 Å². The molecule has 0 saturated heterocycles. The van der Waals surface area contributed by atoms with Crippen molar-refractivity contribution in [2.75, 3.05) is 0 Å². The summed E-state index contributed by atoms with van der Waals surface area (Å²) in [5, 5.41) is 0. The normalized spacial score (nSPS) is 34.1. The molecule has 0 N–H and O–H groups in total. The molecule has 100 valence electrons. The largest absolute Gasteiger partial charge is 0.435 e. The first kappa shape index (κ1) is 15.9. The van der Waals surface area contributed by atoms with Crippen molar-refractivity contribution in [2.45, 2.75) is 0 Å². The van der Waals surface area contributed by atoms with Gasteiger partial charge in [0.2, 0.25) is 7.58 Å².